The van der Waals surface area contributed by atoms with Gasteiger partial charge in [-0.1, -0.05) is 6.92 Å². The van der Waals surface area contributed by atoms with E-state index in [1.54, 1.807) is 6.92 Å². The lowest BCUT2D eigenvalue weighted by atomic mass is 9.91. The summed E-state index contributed by atoms with van der Waals surface area (Å²) >= 11 is 0. The smallest absolute Gasteiger partial charge is 0.329 e. The van der Waals surface area contributed by atoms with E-state index in [1.165, 1.54) is 0 Å². The normalized spacial score (nSPS) is 31.4. The lowest BCUT2D eigenvalue weighted by Crippen LogP contribution is -2.59. The molecule has 5 heteroatoms. The summed E-state index contributed by atoms with van der Waals surface area (Å²) in [5.41, 5.74) is -1.10. The molecule has 1 saturated carbocycles. The van der Waals surface area contributed by atoms with Gasteiger partial charge >= 0.3 is 5.97 Å². The number of amides is 1. The van der Waals surface area contributed by atoms with Gasteiger partial charge in [0.2, 0.25) is 5.91 Å². The van der Waals surface area contributed by atoms with Gasteiger partial charge < -0.3 is 15.7 Å². The lowest BCUT2D eigenvalue weighted by molar-refractivity contribution is -0.148. The van der Waals surface area contributed by atoms with Crippen molar-refractivity contribution in [3.63, 3.8) is 0 Å². The summed E-state index contributed by atoms with van der Waals surface area (Å²) < 4.78 is 0. The van der Waals surface area contributed by atoms with Crippen molar-refractivity contribution in [2.75, 3.05) is 6.54 Å². The highest BCUT2D eigenvalue weighted by atomic mass is 16.4. The number of hydrogen-bond acceptors (Lipinski definition) is 3. The number of carbonyl (C=O) groups excluding carboxylic acids is 1. The van der Waals surface area contributed by atoms with Gasteiger partial charge in [-0.15, -0.1) is 0 Å². The average Bonchev–Trinajstić information content (AvgIpc) is 3.12. The van der Waals surface area contributed by atoms with Gasteiger partial charge in [-0.3, -0.25) is 4.79 Å². The Bertz CT molecular complexity index is 354. The maximum atomic E-state index is 12.2. The third-order valence-electron chi connectivity index (χ3n) is 4.20. The van der Waals surface area contributed by atoms with E-state index in [-0.39, 0.29) is 17.9 Å². The van der Waals surface area contributed by atoms with Crippen molar-refractivity contribution in [3.8, 4) is 0 Å². The maximum absolute atomic E-state index is 12.2. The quantitative estimate of drug-likeness (QED) is 0.691. The first-order chi connectivity index (χ1) is 8.43. The Morgan fingerprint density at radius 2 is 2.00 bits per heavy atom. The van der Waals surface area contributed by atoms with E-state index >= 15 is 0 Å². The lowest BCUT2D eigenvalue weighted by Gasteiger charge is -2.32. The van der Waals surface area contributed by atoms with Gasteiger partial charge in [0.25, 0.3) is 0 Å². The van der Waals surface area contributed by atoms with E-state index in [9.17, 15) is 14.7 Å². The van der Waals surface area contributed by atoms with Crippen molar-refractivity contribution >= 4 is 11.9 Å². The first-order valence-electron chi connectivity index (χ1n) is 6.72. The summed E-state index contributed by atoms with van der Waals surface area (Å²) in [4.78, 5) is 23.5. The molecule has 0 aromatic rings. The molecule has 1 heterocycles. The van der Waals surface area contributed by atoms with E-state index in [2.05, 4.69) is 17.6 Å². The third kappa shape index (κ3) is 2.66. The van der Waals surface area contributed by atoms with Crippen molar-refractivity contribution in [2.24, 2.45) is 11.8 Å². The zero-order chi connectivity index (χ0) is 13.3. The highest BCUT2D eigenvalue weighted by Crippen LogP contribution is 2.39. The SMILES string of the molecule is CC1CCNC(C(=O)NC(C)(C(=O)O)C2CC2)C1. The molecular formula is C13H22N2O3. The number of carboxylic acid groups (broad SMARTS) is 1. The van der Waals surface area contributed by atoms with Gasteiger partial charge in [0.1, 0.15) is 5.54 Å². The number of aliphatic carboxylic acids is 1. The Hall–Kier alpha value is -1.10. The van der Waals surface area contributed by atoms with Crippen LogP contribution >= 0.6 is 0 Å². The van der Waals surface area contributed by atoms with Crippen LogP contribution in [0.15, 0.2) is 0 Å². The van der Waals surface area contributed by atoms with E-state index in [0.29, 0.717) is 5.92 Å². The zero-order valence-electron chi connectivity index (χ0n) is 11.0. The van der Waals surface area contributed by atoms with Crippen LogP contribution < -0.4 is 10.6 Å². The minimum atomic E-state index is -1.10. The van der Waals surface area contributed by atoms with Crippen LogP contribution in [0.5, 0.6) is 0 Å². The zero-order valence-corrected chi connectivity index (χ0v) is 11.0. The highest BCUT2D eigenvalue weighted by Gasteiger charge is 2.49. The molecule has 5 nitrogen and oxygen atoms in total. The van der Waals surface area contributed by atoms with Gasteiger partial charge in [0.15, 0.2) is 0 Å². The molecule has 0 radical (unpaired) electrons. The largest absolute Gasteiger partial charge is 0.480 e. The molecule has 0 aromatic heterocycles. The van der Waals surface area contributed by atoms with Crippen LogP contribution in [0.4, 0.5) is 0 Å². The third-order valence-corrected chi connectivity index (χ3v) is 4.20. The second kappa shape index (κ2) is 4.88. The minimum Gasteiger partial charge on any atom is -0.480 e. The molecule has 102 valence electrons. The Kier molecular flexibility index (Phi) is 3.61. The number of rotatable bonds is 4. The average molecular weight is 254 g/mol. The summed E-state index contributed by atoms with van der Waals surface area (Å²) in [6.07, 6.45) is 3.63. The van der Waals surface area contributed by atoms with Crippen molar-refractivity contribution < 1.29 is 14.7 Å². The highest BCUT2D eigenvalue weighted by molar-refractivity contribution is 5.89. The Balaban J connectivity index is 1.98. The Morgan fingerprint density at radius 3 is 2.50 bits per heavy atom. The van der Waals surface area contributed by atoms with Crippen molar-refractivity contribution in [3.05, 3.63) is 0 Å². The molecule has 1 aliphatic carbocycles. The van der Waals surface area contributed by atoms with Gasteiger partial charge in [0, 0.05) is 0 Å². The number of carbonyl (C=O) groups is 2. The molecule has 3 unspecified atom stereocenters. The molecule has 2 fully saturated rings. The number of piperidine rings is 1. The number of hydrogen-bond donors (Lipinski definition) is 3. The molecule has 1 amide bonds. The van der Waals surface area contributed by atoms with Crippen LogP contribution in [0.1, 0.15) is 39.5 Å². The fraction of sp³-hybridized carbons (Fsp3) is 0.846. The van der Waals surface area contributed by atoms with Crippen LogP contribution in [0.3, 0.4) is 0 Å². The summed E-state index contributed by atoms with van der Waals surface area (Å²) in [7, 11) is 0. The molecule has 1 aliphatic heterocycles. The van der Waals surface area contributed by atoms with Gasteiger partial charge in [-0.2, -0.15) is 0 Å². The minimum absolute atomic E-state index is 0.0833. The van der Waals surface area contributed by atoms with E-state index in [0.717, 1.165) is 32.2 Å². The standard InChI is InChI=1S/C13H22N2O3/c1-8-5-6-14-10(7-8)11(16)15-13(2,12(17)18)9-3-4-9/h8-10,14H,3-7H2,1-2H3,(H,15,16)(H,17,18). The second-order valence-corrected chi connectivity index (χ2v) is 5.91. The van der Waals surface area contributed by atoms with Crippen LogP contribution in [-0.4, -0.2) is 35.1 Å². The molecular weight excluding hydrogens is 232 g/mol. The van der Waals surface area contributed by atoms with Crippen molar-refractivity contribution in [2.45, 2.75) is 51.1 Å². The first-order valence-corrected chi connectivity index (χ1v) is 6.72. The predicted molar refractivity (Wildman–Crippen MR) is 67.1 cm³/mol. The van der Waals surface area contributed by atoms with Crippen LogP contribution in [-0.2, 0) is 9.59 Å². The van der Waals surface area contributed by atoms with E-state index < -0.39 is 11.5 Å². The summed E-state index contributed by atoms with van der Waals surface area (Å²) in [5.74, 6) is -0.500. The molecule has 0 spiro atoms. The van der Waals surface area contributed by atoms with Crippen LogP contribution in [0.2, 0.25) is 0 Å². The topological polar surface area (TPSA) is 78.4 Å². The fourth-order valence-corrected chi connectivity index (χ4v) is 2.64. The molecule has 2 rings (SSSR count). The molecule has 0 aromatic carbocycles. The molecule has 18 heavy (non-hydrogen) atoms. The van der Waals surface area contributed by atoms with Crippen molar-refractivity contribution in [1.29, 1.82) is 0 Å². The van der Waals surface area contributed by atoms with E-state index in [4.69, 9.17) is 0 Å². The van der Waals surface area contributed by atoms with E-state index in [1.807, 2.05) is 0 Å². The molecule has 1 saturated heterocycles. The predicted octanol–water partition coefficient (Wildman–Crippen LogP) is 0.744. The van der Waals surface area contributed by atoms with Gasteiger partial charge in [-0.05, 0) is 51.0 Å². The summed E-state index contributed by atoms with van der Waals surface area (Å²) in [6, 6.07) is -0.244. The van der Waals surface area contributed by atoms with Gasteiger partial charge in [-0.25, -0.2) is 4.79 Å². The molecule has 3 N–H and O–H groups in total. The number of nitrogens with one attached hydrogen (secondary N) is 2. The molecule has 2 aliphatic rings. The first kappa shape index (κ1) is 13.3. The van der Waals surface area contributed by atoms with Crippen molar-refractivity contribution in [1.82, 2.24) is 10.6 Å². The molecule has 0 bridgehead atoms. The van der Waals surface area contributed by atoms with Gasteiger partial charge in [0.05, 0.1) is 6.04 Å². The molecule has 3 atom stereocenters. The summed E-state index contributed by atoms with van der Waals surface area (Å²) in [6.45, 7) is 4.57. The Morgan fingerprint density at radius 1 is 1.33 bits per heavy atom. The van der Waals surface area contributed by atoms with Crippen LogP contribution in [0.25, 0.3) is 0 Å². The Labute approximate surface area is 107 Å². The monoisotopic (exact) mass is 254 g/mol. The maximum Gasteiger partial charge on any atom is 0.329 e. The summed E-state index contributed by atoms with van der Waals surface area (Å²) in [5, 5.41) is 15.2. The van der Waals surface area contributed by atoms with Crippen LogP contribution in [0, 0.1) is 11.8 Å². The second-order valence-electron chi connectivity index (χ2n) is 5.91. The number of carboxylic acids is 1. The fourth-order valence-electron chi connectivity index (χ4n) is 2.64.